The zero-order valence-corrected chi connectivity index (χ0v) is 11.1. The maximum Gasteiger partial charge on any atom is 0.132 e. The van der Waals surface area contributed by atoms with Gasteiger partial charge in [0, 0.05) is 25.7 Å². The second-order valence-electron chi connectivity index (χ2n) is 5.07. The Morgan fingerprint density at radius 3 is 2.59 bits per heavy atom. The van der Waals surface area contributed by atoms with Crippen LogP contribution in [0.1, 0.15) is 43.4 Å². The van der Waals surface area contributed by atoms with Crippen LogP contribution in [-0.4, -0.2) is 28.0 Å². The molecule has 1 aliphatic carbocycles. The molecule has 96 valence electrons. The Morgan fingerprint density at radius 2 is 2.00 bits per heavy atom. The van der Waals surface area contributed by atoms with Gasteiger partial charge in [0.2, 0.25) is 0 Å². The molecule has 1 fully saturated rings. The van der Waals surface area contributed by atoms with Gasteiger partial charge in [0.1, 0.15) is 5.82 Å². The van der Waals surface area contributed by atoms with Crippen LogP contribution in [-0.2, 0) is 13.7 Å². The van der Waals surface area contributed by atoms with Gasteiger partial charge in [0.15, 0.2) is 0 Å². The molecular formula is C13H23N3O. The maximum atomic E-state index is 9.48. The van der Waals surface area contributed by atoms with Crippen molar-refractivity contribution >= 4 is 5.82 Å². The van der Waals surface area contributed by atoms with Gasteiger partial charge in [-0.3, -0.25) is 4.68 Å². The SMILES string of the molecule is Cc1nn(C)c(N(C)C2CCCCC2)c1CO. The van der Waals surface area contributed by atoms with Gasteiger partial charge in [0.25, 0.3) is 0 Å². The quantitative estimate of drug-likeness (QED) is 0.874. The molecule has 4 heteroatoms. The summed E-state index contributed by atoms with van der Waals surface area (Å²) in [6.45, 7) is 2.04. The van der Waals surface area contributed by atoms with Crippen LogP contribution in [0.15, 0.2) is 0 Å². The number of aryl methyl sites for hydroxylation is 2. The minimum Gasteiger partial charge on any atom is -0.391 e. The van der Waals surface area contributed by atoms with Gasteiger partial charge < -0.3 is 10.0 Å². The number of hydrogen-bond donors (Lipinski definition) is 1. The molecule has 1 N–H and O–H groups in total. The molecule has 1 aromatic rings. The first-order valence-electron chi connectivity index (χ1n) is 6.51. The highest BCUT2D eigenvalue weighted by Gasteiger charge is 2.23. The summed E-state index contributed by atoms with van der Waals surface area (Å²) in [7, 11) is 4.09. The van der Waals surface area contributed by atoms with Gasteiger partial charge in [-0.15, -0.1) is 0 Å². The molecular weight excluding hydrogens is 214 g/mol. The molecule has 0 aliphatic heterocycles. The Kier molecular flexibility index (Phi) is 3.72. The number of hydrogen-bond acceptors (Lipinski definition) is 3. The summed E-state index contributed by atoms with van der Waals surface area (Å²) >= 11 is 0. The summed E-state index contributed by atoms with van der Waals surface area (Å²) in [5.74, 6) is 1.08. The van der Waals surface area contributed by atoms with Crippen LogP contribution >= 0.6 is 0 Å². The van der Waals surface area contributed by atoms with Crippen molar-refractivity contribution in [3.63, 3.8) is 0 Å². The number of aliphatic hydroxyl groups is 1. The van der Waals surface area contributed by atoms with E-state index in [1.165, 1.54) is 32.1 Å². The van der Waals surface area contributed by atoms with Gasteiger partial charge in [-0.2, -0.15) is 5.10 Å². The molecule has 0 radical (unpaired) electrons. The van der Waals surface area contributed by atoms with E-state index in [0.717, 1.165) is 17.1 Å². The van der Waals surface area contributed by atoms with Crippen molar-refractivity contribution in [3.8, 4) is 0 Å². The van der Waals surface area contributed by atoms with Gasteiger partial charge >= 0.3 is 0 Å². The first-order chi connectivity index (χ1) is 8.15. The van der Waals surface area contributed by atoms with Crippen LogP contribution in [0, 0.1) is 6.92 Å². The molecule has 1 saturated carbocycles. The smallest absolute Gasteiger partial charge is 0.132 e. The summed E-state index contributed by atoms with van der Waals surface area (Å²) in [5.41, 5.74) is 1.91. The topological polar surface area (TPSA) is 41.3 Å². The predicted octanol–water partition coefficient (Wildman–Crippen LogP) is 1.99. The highest BCUT2D eigenvalue weighted by atomic mass is 16.3. The molecule has 0 saturated heterocycles. The van der Waals surface area contributed by atoms with Gasteiger partial charge in [-0.05, 0) is 19.8 Å². The molecule has 0 spiro atoms. The average molecular weight is 237 g/mol. The summed E-state index contributed by atoms with van der Waals surface area (Å²) < 4.78 is 1.90. The average Bonchev–Trinajstić information content (AvgIpc) is 2.63. The second-order valence-corrected chi connectivity index (χ2v) is 5.07. The maximum absolute atomic E-state index is 9.48. The molecule has 0 unspecified atom stereocenters. The monoisotopic (exact) mass is 237 g/mol. The molecule has 0 amide bonds. The summed E-state index contributed by atoms with van der Waals surface area (Å²) in [6, 6.07) is 0.601. The van der Waals surface area contributed by atoms with E-state index in [2.05, 4.69) is 17.0 Å². The lowest BCUT2D eigenvalue weighted by atomic mass is 9.94. The van der Waals surface area contributed by atoms with Gasteiger partial charge in [-0.1, -0.05) is 19.3 Å². The summed E-state index contributed by atoms with van der Waals surface area (Å²) in [5, 5.41) is 13.9. The number of anilines is 1. The highest BCUT2D eigenvalue weighted by Crippen LogP contribution is 2.29. The van der Waals surface area contributed by atoms with E-state index in [-0.39, 0.29) is 6.61 Å². The number of rotatable bonds is 3. The second kappa shape index (κ2) is 5.08. The molecule has 1 heterocycles. The molecule has 0 atom stereocenters. The Bertz CT molecular complexity index is 380. The Labute approximate surface area is 103 Å². The zero-order chi connectivity index (χ0) is 12.4. The Hall–Kier alpha value is -1.03. The molecule has 17 heavy (non-hydrogen) atoms. The molecule has 1 aliphatic rings. The van der Waals surface area contributed by atoms with Crippen molar-refractivity contribution < 1.29 is 5.11 Å². The lowest BCUT2D eigenvalue weighted by Gasteiger charge is -2.33. The van der Waals surface area contributed by atoms with E-state index in [1.807, 2.05) is 18.7 Å². The number of aromatic nitrogens is 2. The number of nitrogens with zero attached hydrogens (tertiary/aromatic N) is 3. The lowest BCUT2D eigenvalue weighted by Crippen LogP contribution is -2.35. The normalized spacial score (nSPS) is 17.4. The van der Waals surface area contributed by atoms with Crippen LogP contribution in [0.2, 0.25) is 0 Å². The van der Waals surface area contributed by atoms with Crippen molar-refractivity contribution in [3.05, 3.63) is 11.3 Å². The van der Waals surface area contributed by atoms with Crippen molar-refractivity contribution in [1.29, 1.82) is 0 Å². The van der Waals surface area contributed by atoms with Gasteiger partial charge in [-0.25, -0.2) is 0 Å². The molecule has 0 bridgehead atoms. The molecule has 2 rings (SSSR count). The van der Waals surface area contributed by atoms with Crippen LogP contribution in [0.25, 0.3) is 0 Å². The standard InChI is InChI=1S/C13H23N3O/c1-10-12(9-17)13(16(3)14-10)15(2)11-7-5-4-6-8-11/h11,17H,4-9H2,1-3H3. The Morgan fingerprint density at radius 1 is 1.35 bits per heavy atom. The summed E-state index contributed by atoms with van der Waals surface area (Å²) in [6.07, 6.45) is 6.51. The third kappa shape index (κ3) is 2.32. The van der Waals surface area contributed by atoms with E-state index < -0.39 is 0 Å². The van der Waals surface area contributed by atoms with Crippen molar-refractivity contribution in [1.82, 2.24) is 9.78 Å². The lowest BCUT2D eigenvalue weighted by molar-refractivity contribution is 0.280. The summed E-state index contributed by atoms with van der Waals surface area (Å²) in [4.78, 5) is 2.31. The fourth-order valence-corrected chi connectivity index (χ4v) is 2.96. The van der Waals surface area contributed by atoms with Crippen molar-refractivity contribution in [2.75, 3.05) is 11.9 Å². The van der Waals surface area contributed by atoms with Crippen LogP contribution in [0.5, 0.6) is 0 Å². The minimum absolute atomic E-state index is 0.0755. The van der Waals surface area contributed by atoms with Gasteiger partial charge in [0.05, 0.1) is 12.3 Å². The largest absolute Gasteiger partial charge is 0.391 e. The number of aliphatic hydroxyl groups excluding tert-OH is 1. The van der Waals surface area contributed by atoms with E-state index >= 15 is 0 Å². The van der Waals surface area contributed by atoms with Crippen LogP contribution in [0.4, 0.5) is 5.82 Å². The predicted molar refractivity (Wildman–Crippen MR) is 69.1 cm³/mol. The van der Waals surface area contributed by atoms with E-state index in [1.54, 1.807) is 0 Å². The molecule has 4 nitrogen and oxygen atoms in total. The fourth-order valence-electron chi connectivity index (χ4n) is 2.96. The van der Waals surface area contributed by atoms with E-state index in [0.29, 0.717) is 6.04 Å². The third-order valence-corrected chi connectivity index (χ3v) is 3.93. The minimum atomic E-state index is 0.0755. The first-order valence-corrected chi connectivity index (χ1v) is 6.51. The Balaban J connectivity index is 2.25. The fraction of sp³-hybridized carbons (Fsp3) is 0.769. The molecule has 0 aromatic carbocycles. The van der Waals surface area contributed by atoms with Crippen molar-refractivity contribution in [2.45, 2.75) is 51.7 Å². The van der Waals surface area contributed by atoms with Crippen molar-refractivity contribution in [2.24, 2.45) is 7.05 Å². The van der Waals surface area contributed by atoms with E-state index in [4.69, 9.17) is 0 Å². The first kappa shape index (κ1) is 12.4. The highest BCUT2D eigenvalue weighted by molar-refractivity contribution is 5.50. The zero-order valence-electron chi connectivity index (χ0n) is 11.1. The van der Waals surface area contributed by atoms with E-state index in [9.17, 15) is 5.11 Å². The van der Waals surface area contributed by atoms with Crippen LogP contribution < -0.4 is 4.90 Å². The molecule has 1 aromatic heterocycles. The van der Waals surface area contributed by atoms with Crippen LogP contribution in [0.3, 0.4) is 0 Å². The third-order valence-electron chi connectivity index (χ3n) is 3.93.